The summed E-state index contributed by atoms with van der Waals surface area (Å²) in [7, 11) is 0. The Morgan fingerprint density at radius 1 is 1.30 bits per heavy atom. The third-order valence-corrected chi connectivity index (χ3v) is 3.99. The summed E-state index contributed by atoms with van der Waals surface area (Å²) in [6.07, 6.45) is 2.63. The van der Waals surface area contributed by atoms with Gasteiger partial charge in [0.25, 0.3) is 0 Å². The van der Waals surface area contributed by atoms with Crippen molar-refractivity contribution in [3.63, 3.8) is 0 Å². The second-order valence-corrected chi connectivity index (χ2v) is 5.94. The van der Waals surface area contributed by atoms with Crippen LogP contribution < -0.4 is 5.32 Å². The lowest BCUT2D eigenvalue weighted by atomic mass is 10.1. The van der Waals surface area contributed by atoms with Crippen LogP contribution in [0.15, 0.2) is 34.9 Å². The van der Waals surface area contributed by atoms with Gasteiger partial charge in [0.1, 0.15) is 0 Å². The topological polar surface area (TPSA) is 43.4 Å². The molecule has 0 saturated carbocycles. The molecule has 0 atom stereocenters. The zero-order valence-corrected chi connectivity index (χ0v) is 12.9. The van der Waals surface area contributed by atoms with Crippen LogP contribution in [-0.4, -0.2) is 30.5 Å². The molecule has 106 valence electrons. The number of nitrogens with zero attached hydrogens (tertiary/aromatic N) is 1. The summed E-state index contributed by atoms with van der Waals surface area (Å²) < 4.78 is 12.2. The molecular weight excluding hydrogens is 320 g/mol. The average Bonchev–Trinajstić information content (AvgIpc) is 2.85. The second-order valence-electron chi connectivity index (χ2n) is 5.03. The number of nitrogens with one attached hydrogen (secondary N) is 1. The smallest absolute Gasteiger partial charge is 0.167 e. The Morgan fingerprint density at radius 2 is 2.10 bits per heavy atom. The van der Waals surface area contributed by atoms with Gasteiger partial charge in [-0.3, -0.25) is 4.98 Å². The minimum atomic E-state index is -0.446. The predicted molar refractivity (Wildman–Crippen MR) is 82.9 cm³/mol. The molecule has 1 N–H and O–H groups in total. The molecule has 1 aromatic heterocycles. The van der Waals surface area contributed by atoms with Crippen molar-refractivity contribution in [3.8, 4) is 0 Å². The number of pyridine rings is 1. The van der Waals surface area contributed by atoms with Crippen molar-refractivity contribution in [1.29, 1.82) is 0 Å². The summed E-state index contributed by atoms with van der Waals surface area (Å²) in [5.74, 6) is -0.446. The summed E-state index contributed by atoms with van der Waals surface area (Å²) in [6, 6.07) is 8.11. The third-order valence-electron chi connectivity index (χ3n) is 3.50. The minimum absolute atomic E-state index is 0.446. The molecule has 0 bridgehead atoms. The van der Waals surface area contributed by atoms with Crippen molar-refractivity contribution < 1.29 is 9.47 Å². The Morgan fingerprint density at radius 3 is 2.90 bits per heavy atom. The molecule has 0 spiro atoms. The van der Waals surface area contributed by atoms with Crippen LogP contribution in [0.2, 0.25) is 0 Å². The monoisotopic (exact) mass is 336 g/mol. The number of ether oxygens (including phenoxy) is 2. The fourth-order valence-corrected chi connectivity index (χ4v) is 2.75. The maximum absolute atomic E-state index is 5.60. The van der Waals surface area contributed by atoms with E-state index in [2.05, 4.69) is 32.3 Å². The van der Waals surface area contributed by atoms with Crippen molar-refractivity contribution in [1.82, 2.24) is 4.98 Å². The third kappa shape index (κ3) is 2.95. The van der Waals surface area contributed by atoms with Gasteiger partial charge in [0.05, 0.1) is 18.7 Å². The van der Waals surface area contributed by atoms with E-state index >= 15 is 0 Å². The Hall–Kier alpha value is -1.17. The van der Waals surface area contributed by atoms with Crippen LogP contribution in [0, 0.1) is 0 Å². The highest BCUT2D eigenvalue weighted by Crippen LogP contribution is 2.26. The van der Waals surface area contributed by atoms with Gasteiger partial charge in [0.15, 0.2) is 5.79 Å². The van der Waals surface area contributed by atoms with Gasteiger partial charge in [-0.25, -0.2) is 0 Å². The van der Waals surface area contributed by atoms with Crippen molar-refractivity contribution in [2.24, 2.45) is 0 Å². The van der Waals surface area contributed by atoms with Gasteiger partial charge in [-0.1, -0.05) is 15.9 Å². The highest BCUT2D eigenvalue weighted by Gasteiger charge is 2.30. The Labute approximate surface area is 126 Å². The first kappa shape index (κ1) is 13.8. The van der Waals surface area contributed by atoms with Crippen molar-refractivity contribution in [3.05, 3.63) is 34.9 Å². The van der Waals surface area contributed by atoms with Crippen LogP contribution in [0.1, 0.15) is 13.3 Å². The quantitative estimate of drug-likeness (QED) is 0.926. The zero-order valence-electron chi connectivity index (χ0n) is 11.4. The van der Waals surface area contributed by atoms with E-state index in [9.17, 15) is 0 Å². The highest BCUT2D eigenvalue weighted by atomic mass is 79.9. The Bertz CT molecular complexity index is 612. The second kappa shape index (κ2) is 5.68. The molecule has 1 aromatic carbocycles. The summed E-state index contributed by atoms with van der Waals surface area (Å²) in [4.78, 5) is 4.38. The first-order valence-corrected chi connectivity index (χ1v) is 7.52. The number of halogens is 1. The summed E-state index contributed by atoms with van der Waals surface area (Å²) in [6.45, 7) is 4.15. The van der Waals surface area contributed by atoms with Crippen LogP contribution in [0.5, 0.6) is 0 Å². The molecule has 1 saturated heterocycles. The fourth-order valence-electron chi connectivity index (χ4n) is 2.40. The molecule has 3 rings (SSSR count). The van der Waals surface area contributed by atoms with Crippen LogP contribution >= 0.6 is 15.9 Å². The summed E-state index contributed by atoms with van der Waals surface area (Å²) in [5.41, 5.74) is 2.06. The molecule has 2 heterocycles. The van der Waals surface area contributed by atoms with Crippen molar-refractivity contribution in [2.45, 2.75) is 19.1 Å². The first-order chi connectivity index (χ1) is 9.66. The molecule has 4 nitrogen and oxygen atoms in total. The highest BCUT2D eigenvalue weighted by molar-refractivity contribution is 9.10. The number of hydrogen-bond donors (Lipinski definition) is 1. The fraction of sp³-hybridized carbons (Fsp3) is 0.400. The van der Waals surface area contributed by atoms with Gasteiger partial charge >= 0.3 is 0 Å². The molecule has 2 aromatic rings. The molecular formula is C15H17BrN2O2. The first-order valence-electron chi connectivity index (χ1n) is 6.72. The lowest BCUT2D eigenvalue weighted by Crippen LogP contribution is -2.28. The molecule has 0 unspecified atom stereocenters. The van der Waals surface area contributed by atoms with E-state index < -0.39 is 5.79 Å². The van der Waals surface area contributed by atoms with E-state index in [4.69, 9.17) is 9.47 Å². The van der Waals surface area contributed by atoms with Crippen LogP contribution in [0.25, 0.3) is 10.9 Å². The van der Waals surface area contributed by atoms with Crippen LogP contribution in [0.4, 0.5) is 5.69 Å². The normalized spacial score (nSPS) is 17.5. The number of hydrogen-bond acceptors (Lipinski definition) is 4. The lowest BCUT2D eigenvalue weighted by molar-refractivity contribution is -0.144. The summed E-state index contributed by atoms with van der Waals surface area (Å²) >= 11 is 3.47. The molecule has 0 amide bonds. The molecule has 5 heteroatoms. The maximum Gasteiger partial charge on any atom is 0.167 e. The number of fused-ring (bicyclic) bond motifs is 1. The Balaban J connectivity index is 1.71. The van der Waals surface area contributed by atoms with E-state index in [1.807, 2.05) is 31.3 Å². The standard InChI is InChI=1S/C15H17BrN2O2/c1-15(19-8-9-20-15)5-7-18-13-4-6-17-14-10-11(16)2-3-12(13)14/h2-4,6,10H,5,7-9H2,1H3,(H,17,18). The van der Waals surface area contributed by atoms with E-state index in [0.29, 0.717) is 13.2 Å². The SMILES string of the molecule is CC1(CCNc2ccnc3cc(Br)ccc23)OCCO1. The largest absolute Gasteiger partial charge is 0.384 e. The molecule has 0 aliphatic carbocycles. The minimum Gasteiger partial charge on any atom is -0.384 e. The predicted octanol–water partition coefficient (Wildman–Crippen LogP) is 3.56. The average molecular weight is 337 g/mol. The van der Waals surface area contributed by atoms with Crippen LogP contribution in [0.3, 0.4) is 0 Å². The number of rotatable bonds is 4. The van der Waals surface area contributed by atoms with Crippen molar-refractivity contribution in [2.75, 3.05) is 25.1 Å². The molecule has 20 heavy (non-hydrogen) atoms. The number of anilines is 1. The number of aromatic nitrogens is 1. The van der Waals surface area contributed by atoms with Gasteiger partial charge in [-0.15, -0.1) is 0 Å². The van der Waals surface area contributed by atoms with Gasteiger partial charge in [0.2, 0.25) is 0 Å². The molecule has 1 fully saturated rings. The van der Waals surface area contributed by atoms with Gasteiger partial charge < -0.3 is 14.8 Å². The Kier molecular flexibility index (Phi) is 3.92. The van der Waals surface area contributed by atoms with E-state index in [1.54, 1.807) is 0 Å². The van der Waals surface area contributed by atoms with Crippen molar-refractivity contribution >= 4 is 32.5 Å². The van der Waals surface area contributed by atoms with E-state index in [-0.39, 0.29) is 0 Å². The zero-order chi connectivity index (χ0) is 14.0. The van der Waals surface area contributed by atoms with E-state index in [0.717, 1.165) is 34.0 Å². The van der Waals surface area contributed by atoms with Gasteiger partial charge in [0, 0.05) is 34.7 Å². The summed E-state index contributed by atoms with van der Waals surface area (Å²) in [5, 5.41) is 4.56. The maximum atomic E-state index is 5.60. The lowest BCUT2D eigenvalue weighted by Gasteiger charge is -2.22. The molecule has 1 aliphatic rings. The van der Waals surface area contributed by atoms with Gasteiger partial charge in [-0.05, 0) is 31.2 Å². The van der Waals surface area contributed by atoms with Crippen LogP contribution in [-0.2, 0) is 9.47 Å². The van der Waals surface area contributed by atoms with E-state index in [1.165, 1.54) is 0 Å². The molecule has 1 aliphatic heterocycles. The number of benzene rings is 1. The molecule has 0 radical (unpaired) electrons. The van der Waals surface area contributed by atoms with Gasteiger partial charge in [-0.2, -0.15) is 0 Å².